The Morgan fingerprint density at radius 3 is 1.90 bits per heavy atom. The lowest BCUT2D eigenvalue weighted by atomic mass is 10.6. The van der Waals surface area contributed by atoms with Gasteiger partial charge in [0.15, 0.2) is 0 Å². The van der Waals surface area contributed by atoms with Gasteiger partial charge in [-0.15, -0.1) is 0 Å². The molecule has 0 bridgehead atoms. The minimum absolute atomic E-state index is 0.497. The van der Waals surface area contributed by atoms with E-state index in [1.54, 1.807) is 0 Å². The van der Waals surface area contributed by atoms with Crippen LogP contribution in [0.5, 0.6) is 0 Å². The predicted octanol–water partition coefficient (Wildman–Crippen LogP) is 1.66. The Bertz CT molecular complexity index is 91.4. The molecular weight excluding hydrogens is 142 g/mol. The van der Waals surface area contributed by atoms with Crippen LogP contribution in [0.3, 0.4) is 0 Å². The molecule has 0 atom stereocenters. The number of hydrogen-bond donors (Lipinski definition) is 0. The molecular formula is C8H19NS. The standard InChI is InChI=1S/C6H13NS.C2H6/c1-7-3-5-8(2)6-4-7;1-2/h2-6H2,1H3;1-2H3. The van der Waals surface area contributed by atoms with E-state index >= 15 is 0 Å². The van der Waals surface area contributed by atoms with Crippen molar-refractivity contribution in [1.82, 2.24) is 4.90 Å². The van der Waals surface area contributed by atoms with Crippen LogP contribution in [0.4, 0.5) is 0 Å². The van der Waals surface area contributed by atoms with E-state index in [-0.39, 0.29) is 0 Å². The predicted molar refractivity (Wildman–Crippen MR) is 53.3 cm³/mol. The van der Waals surface area contributed by atoms with Crippen molar-refractivity contribution in [1.29, 1.82) is 0 Å². The molecule has 0 aromatic rings. The molecule has 1 nitrogen and oxygen atoms in total. The van der Waals surface area contributed by atoms with E-state index in [0.29, 0.717) is 10.5 Å². The van der Waals surface area contributed by atoms with Gasteiger partial charge in [0, 0.05) is 24.6 Å². The van der Waals surface area contributed by atoms with Gasteiger partial charge < -0.3 is 4.90 Å². The summed E-state index contributed by atoms with van der Waals surface area (Å²) >= 11 is 0. The lowest BCUT2D eigenvalue weighted by molar-refractivity contribution is 0.371. The van der Waals surface area contributed by atoms with Gasteiger partial charge in [0.2, 0.25) is 0 Å². The first-order chi connectivity index (χ1) is 4.79. The molecule has 1 aliphatic rings. The normalized spacial score (nSPS) is 21.5. The van der Waals surface area contributed by atoms with Gasteiger partial charge in [-0.05, 0) is 7.05 Å². The third-order valence-electron chi connectivity index (χ3n) is 1.52. The van der Waals surface area contributed by atoms with Crippen LogP contribution in [0.1, 0.15) is 13.8 Å². The summed E-state index contributed by atoms with van der Waals surface area (Å²) in [6.07, 6.45) is 0. The Morgan fingerprint density at radius 1 is 1.20 bits per heavy atom. The average molecular weight is 161 g/mol. The van der Waals surface area contributed by atoms with Crippen molar-refractivity contribution in [3.05, 3.63) is 0 Å². The van der Waals surface area contributed by atoms with Crippen LogP contribution in [0, 0.1) is 0 Å². The molecule has 1 aliphatic heterocycles. The van der Waals surface area contributed by atoms with Crippen molar-refractivity contribution in [2.45, 2.75) is 13.8 Å². The summed E-state index contributed by atoms with van der Waals surface area (Å²) in [5, 5.41) is 0. The fraction of sp³-hybridized carbons (Fsp3) is 0.875. The van der Waals surface area contributed by atoms with Gasteiger partial charge in [-0.2, -0.15) is 10.5 Å². The summed E-state index contributed by atoms with van der Waals surface area (Å²) in [4.78, 5) is 2.37. The van der Waals surface area contributed by atoms with Gasteiger partial charge in [0.1, 0.15) is 0 Å². The quantitative estimate of drug-likeness (QED) is 0.488. The van der Waals surface area contributed by atoms with Gasteiger partial charge in [-0.3, -0.25) is 0 Å². The van der Waals surface area contributed by atoms with Crippen LogP contribution in [-0.2, 0) is 0 Å². The van der Waals surface area contributed by atoms with Gasteiger partial charge in [0.25, 0.3) is 0 Å². The molecule has 10 heavy (non-hydrogen) atoms. The zero-order valence-corrected chi connectivity index (χ0v) is 8.21. The van der Waals surface area contributed by atoms with Crippen LogP contribution < -0.4 is 0 Å². The molecule has 1 saturated heterocycles. The van der Waals surface area contributed by atoms with E-state index < -0.39 is 0 Å². The van der Waals surface area contributed by atoms with Crippen molar-refractivity contribution >= 4 is 16.4 Å². The van der Waals surface area contributed by atoms with Crippen molar-refractivity contribution in [3.8, 4) is 0 Å². The minimum Gasteiger partial charge on any atom is -0.305 e. The van der Waals surface area contributed by atoms with Crippen LogP contribution >= 0.6 is 10.5 Å². The van der Waals surface area contributed by atoms with Crippen LogP contribution in [0.15, 0.2) is 0 Å². The first kappa shape index (κ1) is 10.2. The van der Waals surface area contributed by atoms with Gasteiger partial charge >= 0.3 is 0 Å². The van der Waals surface area contributed by atoms with Crippen molar-refractivity contribution < 1.29 is 0 Å². The molecule has 1 heterocycles. The fourth-order valence-electron chi connectivity index (χ4n) is 0.784. The molecule has 0 unspecified atom stereocenters. The highest BCUT2D eigenvalue weighted by molar-refractivity contribution is 8.14. The first-order valence-corrected chi connectivity index (χ1v) is 5.68. The highest BCUT2D eigenvalue weighted by Gasteiger charge is 2.05. The zero-order chi connectivity index (χ0) is 7.98. The molecule has 0 aromatic carbocycles. The Hall–Kier alpha value is 0.180. The molecule has 0 saturated carbocycles. The van der Waals surface area contributed by atoms with E-state index in [1.165, 1.54) is 24.6 Å². The summed E-state index contributed by atoms with van der Waals surface area (Å²) < 4.78 is 0. The summed E-state index contributed by atoms with van der Waals surface area (Å²) in [5.41, 5.74) is 0. The Labute approximate surface area is 67.3 Å². The second-order valence-electron chi connectivity index (χ2n) is 2.32. The van der Waals surface area contributed by atoms with Gasteiger partial charge in [-0.25, -0.2) is 0 Å². The molecule has 0 amide bonds. The van der Waals surface area contributed by atoms with E-state index in [4.69, 9.17) is 0 Å². The van der Waals surface area contributed by atoms with Crippen molar-refractivity contribution in [3.63, 3.8) is 0 Å². The molecule has 0 radical (unpaired) electrons. The van der Waals surface area contributed by atoms with Crippen molar-refractivity contribution in [2.24, 2.45) is 0 Å². The zero-order valence-electron chi connectivity index (χ0n) is 7.39. The molecule has 62 valence electrons. The Kier molecular flexibility index (Phi) is 6.03. The first-order valence-electron chi connectivity index (χ1n) is 3.95. The maximum absolute atomic E-state index is 4.03. The Balaban J connectivity index is 0.000000371. The summed E-state index contributed by atoms with van der Waals surface area (Å²) in [7, 11) is 2.67. The molecule has 1 fully saturated rings. The highest BCUT2D eigenvalue weighted by atomic mass is 32.2. The molecule has 1 rings (SSSR count). The second-order valence-corrected chi connectivity index (χ2v) is 4.37. The summed E-state index contributed by atoms with van der Waals surface area (Å²) in [5.74, 6) is 6.66. The smallest absolute Gasteiger partial charge is 0.00649 e. The lowest BCUT2D eigenvalue weighted by Crippen LogP contribution is -2.29. The fourth-order valence-corrected chi connectivity index (χ4v) is 2.13. The molecule has 0 spiro atoms. The largest absolute Gasteiger partial charge is 0.305 e. The van der Waals surface area contributed by atoms with Crippen molar-refractivity contribution in [2.75, 3.05) is 31.6 Å². The number of rotatable bonds is 0. The molecule has 0 aliphatic carbocycles. The maximum Gasteiger partial charge on any atom is 0.00649 e. The van der Waals surface area contributed by atoms with E-state index in [2.05, 4.69) is 17.8 Å². The van der Waals surface area contributed by atoms with Gasteiger partial charge in [0.05, 0.1) is 0 Å². The van der Waals surface area contributed by atoms with E-state index in [1.807, 2.05) is 13.8 Å². The topological polar surface area (TPSA) is 3.24 Å². The van der Waals surface area contributed by atoms with Crippen LogP contribution in [-0.4, -0.2) is 42.4 Å². The minimum atomic E-state index is 0.497. The van der Waals surface area contributed by atoms with Crippen LogP contribution in [0.25, 0.3) is 0 Å². The van der Waals surface area contributed by atoms with Crippen LogP contribution in [0.2, 0.25) is 0 Å². The SMILES string of the molecule is C=S1CCN(C)CC1.CC. The monoisotopic (exact) mass is 161 g/mol. The molecule has 0 N–H and O–H groups in total. The van der Waals surface area contributed by atoms with Gasteiger partial charge in [-0.1, -0.05) is 19.7 Å². The maximum atomic E-state index is 4.03. The van der Waals surface area contributed by atoms with E-state index in [0.717, 1.165) is 0 Å². The third-order valence-corrected chi connectivity index (χ3v) is 3.04. The lowest BCUT2D eigenvalue weighted by Gasteiger charge is -2.23. The Morgan fingerprint density at radius 2 is 1.60 bits per heavy atom. The number of nitrogens with zero attached hydrogens (tertiary/aromatic N) is 1. The summed E-state index contributed by atoms with van der Waals surface area (Å²) in [6, 6.07) is 0. The number of hydrogen-bond acceptors (Lipinski definition) is 1. The third kappa shape index (κ3) is 4.07. The molecule has 0 aromatic heterocycles. The van der Waals surface area contributed by atoms with E-state index in [9.17, 15) is 0 Å². The molecule has 2 heteroatoms. The summed E-state index contributed by atoms with van der Waals surface area (Å²) in [6.45, 7) is 6.51. The average Bonchev–Trinajstić information content (AvgIpc) is 2.00. The highest BCUT2D eigenvalue weighted by Crippen LogP contribution is 2.13. The second kappa shape index (κ2) is 5.93.